The number of aliphatic imine (C=N–C) groups is 1. The van der Waals surface area contributed by atoms with Crippen molar-refractivity contribution in [2.45, 2.75) is 45.6 Å². The van der Waals surface area contributed by atoms with Crippen molar-refractivity contribution < 1.29 is 9.59 Å². The molecule has 8 nitrogen and oxygen atoms in total. The number of nitrogens with zero attached hydrogens (tertiary/aromatic N) is 3. The van der Waals surface area contributed by atoms with Gasteiger partial charge in [0.2, 0.25) is 5.91 Å². The number of benzene rings is 1. The Morgan fingerprint density at radius 3 is 2.47 bits per heavy atom. The van der Waals surface area contributed by atoms with Gasteiger partial charge in [-0.2, -0.15) is 0 Å². The highest BCUT2D eigenvalue weighted by Crippen LogP contribution is 2.21. The number of carbonyl (C=O) groups excluding carboxylic acids is 2. The van der Waals surface area contributed by atoms with Gasteiger partial charge in [0.15, 0.2) is 5.96 Å². The average Bonchev–Trinajstić information content (AvgIpc) is 3.33. The molecule has 0 saturated carbocycles. The fourth-order valence-corrected chi connectivity index (χ4v) is 4.18. The molecule has 3 rings (SSSR count). The van der Waals surface area contributed by atoms with Crippen molar-refractivity contribution in [3.63, 3.8) is 0 Å². The number of hydrogen-bond acceptors (Lipinski definition) is 3. The Morgan fingerprint density at radius 1 is 1.09 bits per heavy atom. The average molecular weight is 556 g/mol. The molecule has 2 aliphatic heterocycles. The number of likely N-dealkylation sites (tertiary alicyclic amines) is 2. The summed E-state index contributed by atoms with van der Waals surface area (Å²) < 4.78 is 0. The Kier molecular flexibility index (Phi) is 11.1. The number of carbonyl (C=O) groups is 2. The monoisotopic (exact) mass is 556 g/mol. The zero-order valence-corrected chi connectivity index (χ0v) is 21.6. The van der Waals surface area contributed by atoms with E-state index in [4.69, 9.17) is 4.99 Å². The lowest BCUT2D eigenvalue weighted by atomic mass is 9.93. The van der Waals surface area contributed by atoms with Crippen molar-refractivity contribution in [1.29, 1.82) is 0 Å². The lowest BCUT2D eigenvalue weighted by Crippen LogP contribution is -2.46. The van der Waals surface area contributed by atoms with Crippen LogP contribution in [0.15, 0.2) is 29.3 Å². The molecule has 1 aromatic rings. The molecular weight excluding hydrogens is 519 g/mol. The molecule has 1 aromatic carbocycles. The number of urea groups is 1. The molecule has 0 radical (unpaired) electrons. The number of rotatable bonds is 6. The summed E-state index contributed by atoms with van der Waals surface area (Å²) in [7, 11) is 1.69. The molecular formula is C23H37IN6O2. The Morgan fingerprint density at radius 2 is 1.81 bits per heavy atom. The Bertz CT molecular complexity index is 774. The largest absolute Gasteiger partial charge is 0.359 e. The molecule has 178 valence electrons. The SMILES string of the molecule is CCNC(=NCc1cccc(NC(=O)N2CCCC2)c1)N1CCC(CC(=O)NC)CC1.I. The molecule has 32 heavy (non-hydrogen) atoms. The number of nitrogens with one attached hydrogen (secondary N) is 3. The van der Waals surface area contributed by atoms with E-state index in [1.165, 1.54) is 0 Å². The number of guanidine groups is 1. The van der Waals surface area contributed by atoms with Crippen molar-refractivity contribution in [3.05, 3.63) is 29.8 Å². The van der Waals surface area contributed by atoms with Gasteiger partial charge in [-0.3, -0.25) is 4.79 Å². The van der Waals surface area contributed by atoms with Gasteiger partial charge in [-0.15, -0.1) is 24.0 Å². The minimum Gasteiger partial charge on any atom is -0.359 e. The first kappa shape index (κ1) is 26.2. The van der Waals surface area contributed by atoms with Crippen molar-refractivity contribution >= 4 is 47.6 Å². The molecule has 0 atom stereocenters. The van der Waals surface area contributed by atoms with E-state index in [2.05, 4.69) is 27.8 Å². The highest BCUT2D eigenvalue weighted by molar-refractivity contribution is 14.0. The van der Waals surface area contributed by atoms with Crippen LogP contribution in [0, 0.1) is 5.92 Å². The highest BCUT2D eigenvalue weighted by atomic mass is 127. The first-order valence-corrected chi connectivity index (χ1v) is 11.5. The Balaban J connectivity index is 0.00000363. The molecule has 0 unspecified atom stereocenters. The van der Waals surface area contributed by atoms with Crippen molar-refractivity contribution in [3.8, 4) is 0 Å². The second kappa shape index (κ2) is 13.5. The van der Waals surface area contributed by atoms with E-state index in [0.29, 0.717) is 18.9 Å². The van der Waals surface area contributed by atoms with E-state index in [-0.39, 0.29) is 35.9 Å². The molecule has 2 aliphatic rings. The molecule has 9 heteroatoms. The van der Waals surface area contributed by atoms with Crippen LogP contribution in [0.2, 0.25) is 0 Å². The molecule has 2 heterocycles. The topological polar surface area (TPSA) is 89.1 Å². The molecule has 0 aliphatic carbocycles. The number of hydrogen-bond donors (Lipinski definition) is 3. The van der Waals surface area contributed by atoms with Gasteiger partial charge in [0.25, 0.3) is 0 Å². The van der Waals surface area contributed by atoms with Gasteiger partial charge < -0.3 is 25.8 Å². The number of halogens is 1. The summed E-state index contributed by atoms with van der Waals surface area (Å²) in [4.78, 5) is 33.0. The third kappa shape index (κ3) is 7.83. The smallest absolute Gasteiger partial charge is 0.321 e. The summed E-state index contributed by atoms with van der Waals surface area (Å²) in [5.74, 6) is 1.47. The summed E-state index contributed by atoms with van der Waals surface area (Å²) >= 11 is 0. The van der Waals surface area contributed by atoms with E-state index >= 15 is 0 Å². The van der Waals surface area contributed by atoms with E-state index in [0.717, 1.165) is 75.6 Å². The van der Waals surface area contributed by atoms with Gasteiger partial charge in [0, 0.05) is 51.9 Å². The van der Waals surface area contributed by atoms with Crippen LogP contribution in [-0.4, -0.2) is 67.5 Å². The number of piperidine rings is 1. The number of anilines is 1. The lowest BCUT2D eigenvalue weighted by molar-refractivity contribution is -0.121. The van der Waals surface area contributed by atoms with Gasteiger partial charge in [0.1, 0.15) is 0 Å². The maximum atomic E-state index is 12.3. The van der Waals surface area contributed by atoms with E-state index in [1.807, 2.05) is 29.2 Å². The molecule has 3 amide bonds. The van der Waals surface area contributed by atoms with Crippen LogP contribution in [0.4, 0.5) is 10.5 Å². The summed E-state index contributed by atoms with van der Waals surface area (Å²) in [5, 5.41) is 9.12. The third-order valence-electron chi connectivity index (χ3n) is 5.98. The van der Waals surface area contributed by atoms with Crippen LogP contribution in [0.25, 0.3) is 0 Å². The van der Waals surface area contributed by atoms with Crippen LogP contribution >= 0.6 is 24.0 Å². The van der Waals surface area contributed by atoms with Crippen molar-refractivity contribution in [2.24, 2.45) is 10.9 Å². The van der Waals surface area contributed by atoms with Gasteiger partial charge in [-0.05, 0) is 56.2 Å². The normalized spacial score (nSPS) is 17.0. The molecule has 2 saturated heterocycles. The Hall–Kier alpha value is -2.04. The molecule has 0 spiro atoms. The van der Waals surface area contributed by atoms with Crippen LogP contribution < -0.4 is 16.0 Å². The van der Waals surface area contributed by atoms with Crippen LogP contribution in [0.5, 0.6) is 0 Å². The van der Waals surface area contributed by atoms with E-state index in [1.54, 1.807) is 7.05 Å². The maximum Gasteiger partial charge on any atom is 0.321 e. The highest BCUT2D eigenvalue weighted by Gasteiger charge is 2.23. The summed E-state index contributed by atoms with van der Waals surface area (Å²) in [6.07, 6.45) is 4.76. The standard InChI is InChI=1S/C23H36N6O2.HI/c1-3-25-22(28-13-9-18(10-14-28)16-21(30)24-2)26-17-19-7-6-8-20(15-19)27-23(31)29-11-4-5-12-29;/h6-8,15,18H,3-5,9-14,16-17H2,1-2H3,(H,24,30)(H,25,26)(H,27,31);1H. The minimum atomic E-state index is -0.0221. The second-order valence-electron chi connectivity index (χ2n) is 8.30. The zero-order valence-electron chi connectivity index (χ0n) is 19.2. The maximum absolute atomic E-state index is 12.3. The first-order valence-electron chi connectivity index (χ1n) is 11.5. The minimum absolute atomic E-state index is 0. The zero-order chi connectivity index (χ0) is 22.1. The fourth-order valence-electron chi connectivity index (χ4n) is 4.18. The summed E-state index contributed by atoms with van der Waals surface area (Å²) in [6, 6.07) is 7.89. The third-order valence-corrected chi connectivity index (χ3v) is 5.98. The second-order valence-corrected chi connectivity index (χ2v) is 8.30. The van der Waals surface area contributed by atoms with E-state index < -0.39 is 0 Å². The predicted molar refractivity (Wildman–Crippen MR) is 139 cm³/mol. The summed E-state index contributed by atoms with van der Waals surface area (Å²) in [6.45, 7) is 6.90. The quantitative estimate of drug-likeness (QED) is 0.285. The van der Waals surface area contributed by atoms with Gasteiger partial charge in [-0.25, -0.2) is 9.79 Å². The first-order chi connectivity index (χ1) is 15.1. The fraction of sp³-hybridized carbons (Fsp3) is 0.609. The van der Waals surface area contributed by atoms with Crippen LogP contribution in [0.1, 0.15) is 44.6 Å². The van der Waals surface area contributed by atoms with Crippen molar-refractivity contribution in [1.82, 2.24) is 20.4 Å². The molecule has 3 N–H and O–H groups in total. The van der Waals surface area contributed by atoms with Gasteiger partial charge >= 0.3 is 6.03 Å². The summed E-state index contributed by atoms with van der Waals surface area (Å²) in [5.41, 5.74) is 1.87. The Labute approximate surface area is 208 Å². The van der Waals surface area contributed by atoms with Crippen molar-refractivity contribution in [2.75, 3.05) is 45.1 Å². The van der Waals surface area contributed by atoms with Gasteiger partial charge in [-0.1, -0.05) is 12.1 Å². The van der Waals surface area contributed by atoms with E-state index in [9.17, 15) is 9.59 Å². The number of amides is 3. The molecule has 0 aromatic heterocycles. The van der Waals surface area contributed by atoms with Crippen LogP contribution in [0.3, 0.4) is 0 Å². The molecule has 2 fully saturated rings. The molecule has 0 bridgehead atoms. The van der Waals surface area contributed by atoms with Crippen LogP contribution in [-0.2, 0) is 11.3 Å². The lowest BCUT2D eigenvalue weighted by Gasteiger charge is -2.34. The predicted octanol–water partition coefficient (Wildman–Crippen LogP) is 3.25. The van der Waals surface area contributed by atoms with Gasteiger partial charge in [0.05, 0.1) is 6.54 Å².